The molecule has 140 valence electrons. The van der Waals surface area contributed by atoms with Gasteiger partial charge in [0.2, 0.25) is 5.91 Å². The number of rotatable bonds is 5. The van der Waals surface area contributed by atoms with Crippen molar-refractivity contribution in [2.24, 2.45) is 0 Å². The number of carbonyl (C=O) groups is 2. The molecule has 3 rings (SSSR count). The molecule has 6 nitrogen and oxygen atoms in total. The Kier molecular flexibility index (Phi) is 5.85. The molecular formula is C19H17BrFN3O3. The summed E-state index contributed by atoms with van der Waals surface area (Å²) in [5.74, 6) is -0.669. The molecule has 0 radical (unpaired) electrons. The van der Waals surface area contributed by atoms with Gasteiger partial charge in [-0.25, -0.2) is 9.18 Å². The van der Waals surface area contributed by atoms with E-state index in [9.17, 15) is 14.0 Å². The molecule has 2 aromatic rings. The monoisotopic (exact) mass is 433 g/mol. The van der Waals surface area contributed by atoms with E-state index in [1.165, 1.54) is 17.9 Å². The fourth-order valence-electron chi connectivity index (χ4n) is 2.62. The van der Waals surface area contributed by atoms with Crippen molar-refractivity contribution in [3.63, 3.8) is 0 Å². The lowest BCUT2D eigenvalue weighted by Crippen LogP contribution is -2.33. The minimum atomic E-state index is -0.565. The Labute approximate surface area is 164 Å². The molecule has 1 fully saturated rings. The van der Waals surface area contributed by atoms with Gasteiger partial charge in [0.15, 0.2) is 0 Å². The standard InChI is InChI=1S/C19H17BrFN3O3/c1-12(25)23-10-16-11-24(19(26)27-16)15-5-4-13(18(21)8-15)7-17(20)14-3-2-6-22-9-14/h2-9,16H,10-11H2,1H3,(H,23,25)/t16-/m0/s1. The molecule has 1 atom stereocenters. The number of carbonyl (C=O) groups excluding carboxylic acids is 2. The van der Waals surface area contributed by atoms with Crippen molar-refractivity contribution in [1.82, 2.24) is 10.3 Å². The molecule has 1 aliphatic heterocycles. The summed E-state index contributed by atoms with van der Waals surface area (Å²) in [5.41, 5.74) is 1.60. The van der Waals surface area contributed by atoms with Crippen LogP contribution in [0.15, 0.2) is 42.7 Å². The summed E-state index contributed by atoms with van der Waals surface area (Å²) in [6.45, 7) is 1.85. The maximum Gasteiger partial charge on any atom is 0.414 e. The number of hydrogen-bond acceptors (Lipinski definition) is 4. The fourth-order valence-corrected chi connectivity index (χ4v) is 3.10. The molecular weight excluding hydrogens is 417 g/mol. The third kappa shape index (κ3) is 4.71. The quantitative estimate of drug-likeness (QED) is 0.781. The predicted molar refractivity (Wildman–Crippen MR) is 104 cm³/mol. The van der Waals surface area contributed by atoms with Crippen molar-refractivity contribution in [3.05, 3.63) is 59.7 Å². The minimum Gasteiger partial charge on any atom is -0.442 e. The summed E-state index contributed by atoms with van der Waals surface area (Å²) in [5, 5.41) is 2.60. The lowest BCUT2D eigenvalue weighted by atomic mass is 10.1. The van der Waals surface area contributed by atoms with Crippen LogP contribution in [0.25, 0.3) is 10.6 Å². The number of pyridine rings is 1. The van der Waals surface area contributed by atoms with Gasteiger partial charge in [0.05, 0.1) is 18.8 Å². The van der Waals surface area contributed by atoms with Gasteiger partial charge < -0.3 is 10.1 Å². The van der Waals surface area contributed by atoms with Crippen molar-refractivity contribution in [2.45, 2.75) is 13.0 Å². The molecule has 2 heterocycles. The van der Waals surface area contributed by atoms with Crippen LogP contribution in [-0.2, 0) is 9.53 Å². The summed E-state index contributed by atoms with van der Waals surface area (Å²) < 4.78 is 20.4. The Morgan fingerprint density at radius 3 is 2.96 bits per heavy atom. The molecule has 2 amide bonds. The molecule has 1 aromatic heterocycles. The van der Waals surface area contributed by atoms with E-state index in [-0.39, 0.29) is 19.0 Å². The highest BCUT2D eigenvalue weighted by atomic mass is 79.9. The van der Waals surface area contributed by atoms with Gasteiger partial charge in [-0.3, -0.25) is 14.7 Å². The van der Waals surface area contributed by atoms with E-state index in [0.717, 1.165) is 5.56 Å². The second-order valence-electron chi connectivity index (χ2n) is 5.99. The molecule has 0 saturated carbocycles. The third-order valence-electron chi connectivity index (χ3n) is 3.97. The summed E-state index contributed by atoms with van der Waals surface area (Å²) in [4.78, 5) is 28.4. The van der Waals surface area contributed by atoms with E-state index in [4.69, 9.17) is 4.74 Å². The summed E-state index contributed by atoms with van der Waals surface area (Å²) in [7, 11) is 0. The minimum absolute atomic E-state index is 0.203. The molecule has 1 aliphatic rings. The smallest absolute Gasteiger partial charge is 0.414 e. The van der Waals surface area contributed by atoms with Crippen LogP contribution in [0, 0.1) is 5.82 Å². The highest BCUT2D eigenvalue weighted by Gasteiger charge is 2.32. The Morgan fingerprint density at radius 1 is 1.48 bits per heavy atom. The molecule has 1 aromatic carbocycles. The van der Waals surface area contributed by atoms with Crippen LogP contribution < -0.4 is 10.2 Å². The largest absolute Gasteiger partial charge is 0.442 e. The molecule has 8 heteroatoms. The number of benzene rings is 1. The number of anilines is 1. The first-order valence-electron chi connectivity index (χ1n) is 8.24. The Bertz CT molecular complexity index is 889. The summed E-state index contributed by atoms with van der Waals surface area (Å²) in [6.07, 6.45) is 3.95. The highest BCUT2D eigenvalue weighted by Crippen LogP contribution is 2.28. The maximum absolute atomic E-state index is 14.5. The zero-order valence-corrected chi connectivity index (χ0v) is 16.1. The van der Waals surface area contributed by atoms with E-state index in [0.29, 0.717) is 15.7 Å². The fraction of sp³-hybridized carbons (Fsp3) is 0.211. The number of ether oxygens (including phenoxy) is 1. The first kappa shape index (κ1) is 19.0. The molecule has 0 unspecified atom stereocenters. The lowest BCUT2D eigenvalue weighted by molar-refractivity contribution is -0.119. The molecule has 0 spiro atoms. The molecule has 1 saturated heterocycles. The van der Waals surface area contributed by atoms with Crippen molar-refractivity contribution >= 4 is 44.2 Å². The van der Waals surface area contributed by atoms with Crippen molar-refractivity contribution in [2.75, 3.05) is 18.0 Å². The van der Waals surface area contributed by atoms with Crippen molar-refractivity contribution in [1.29, 1.82) is 0 Å². The van der Waals surface area contributed by atoms with Gasteiger partial charge >= 0.3 is 6.09 Å². The second-order valence-corrected chi connectivity index (χ2v) is 6.85. The number of aromatic nitrogens is 1. The van der Waals surface area contributed by atoms with E-state index in [2.05, 4.69) is 26.2 Å². The van der Waals surface area contributed by atoms with Gasteiger partial charge in [-0.2, -0.15) is 0 Å². The first-order valence-corrected chi connectivity index (χ1v) is 9.03. The average molecular weight is 434 g/mol. The zero-order valence-electron chi connectivity index (χ0n) is 14.5. The normalized spacial score (nSPS) is 17.0. The van der Waals surface area contributed by atoms with E-state index in [1.54, 1.807) is 36.7 Å². The maximum atomic E-state index is 14.5. The zero-order chi connectivity index (χ0) is 19.4. The number of hydrogen-bond donors (Lipinski definition) is 1. The number of halogens is 2. The SMILES string of the molecule is CC(=O)NC[C@H]1CN(c2ccc(C=C(Br)c3cccnc3)c(F)c2)C(=O)O1. The van der Waals surface area contributed by atoms with Crippen molar-refractivity contribution in [3.8, 4) is 0 Å². The Hall–Kier alpha value is -2.74. The van der Waals surface area contributed by atoms with Gasteiger partial charge in [0, 0.05) is 34.9 Å². The average Bonchev–Trinajstić information content (AvgIpc) is 3.03. The van der Waals surface area contributed by atoms with Crippen LogP contribution in [0.2, 0.25) is 0 Å². The number of amides is 2. The van der Waals surface area contributed by atoms with Crippen LogP contribution in [0.5, 0.6) is 0 Å². The second kappa shape index (κ2) is 8.30. The van der Waals surface area contributed by atoms with Crippen LogP contribution in [0.4, 0.5) is 14.9 Å². The third-order valence-corrected chi connectivity index (χ3v) is 4.65. The van der Waals surface area contributed by atoms with Crippen LogP contribution in [0.3, 0.4) is 0 Å². The predicted octanol–water partition coefficient (Wildman–Crippen LogP) is 3.58. The van der Waals surface area contributed by atoms with Gasteiger partial charge in [0.1, 0.15) is 11.9 Å². The van der Waals surface area contributed by atoms with Gasteiger partial charge in [-0.1, -0.05) is 22.0 Å². The molecule has 27 heavy (non-hydrogen) atoms. The van der Waals surface area contributed by atoms with Crippen LogP contribution >= 0.6 is 15.9 Å². The first-order chi connectivity index (χ1) is 12.9. The van der Waals surface area contributed by atoms with Gasteiger partial charge in [-0.05, 0) is 30.3 Å². The van der Waals surface area contributed by atoms with E-state index in [1.807, 2.05) is 6.07 Å². The van der Waals surface area contributed by atoms with Gasteiger partial charge in [0.25, 0.3) is 0 Å². The Morgan fingerprint density at radius 2 is 2.30 bits per heavy atom. The van der Waals surface area contributed by atoms with Crippen molar-refractivity contribution < 1.29 is 18.7 Å². The summed E-state index contributed by atoms with van der Waals surface area (Å²) in [6, 6.07) is 8.18. The van der Waals surface area contributed by atoms with Crippen LogP contribution in [-0.4, -0.2) is 36.2 Å². The van der Waals surface area contributed by atoms with Gasteiger partial charge in [-0.15, -0.1) is 0 Å². The van der Waals surface area contributed by atoms with Crippen LogP contribution in [0.1, 0.15) is 18.1 Å². The lowest BCUT2D eigenvalue weighted by Gasteiger charge is -2.14. The number of nitrogens with one attached hydrogen (secondary N) is 1. The van der Waals surface area contributed by atoms with E-state index >= 15 is 0 Å². The highest BCUT2D eigenvalue weighted by molar-refractivity contribution is 9.15. The molecule has 0 bridgehead atoms. The molecule has 1 N–H and O–H groups in total. The summed E-state index contributed by atoms with van der Waals surface area (Å²) >= 11 is 3.42. The van der Waals surface area contributed by atoms with E-state index < -0.39 is 18.0 Å². The Balaban J connectivity index is 1.75. The molecule has 0 aliphatic carbocycles. The topological polar surface area (TPSA) is 71.5 Å². The number of cyclic esters (lactones) is 1. The number of nitrogens with zero attached hydrogens (tertiary/aromatic N) is 2.